The lowest BCUT2D eigenvalue weighted by Gasteiger charge is -2.07. The van der Waals surface area contributed by atoms with Gasteiger partial charge in [0.05, 0.1) is 40.2 Å². The van der Waals surface area contributed by atoms with Crippen LogP contribution in [-0.2, 0) is 10.6 Å². The summed E-state index contributed by atoms with van der Waals surface area (Å²) in [7, 11) is 0. The maximum Gasteiger partial charge on any atom is 0.338 e. The van der Waals surface area contributed by atoms with E-state index in [0.29, 0.717) is 0 Å². The van der Waals surface area contributed by atoms with E-state index >= 15 is 0 Å². The highest BCUT2D eigenvalue weighted by molar-refractivity contribution is 6.18. The van der Waals surface area contributed by atoms with E-state index in [2.05, 4.69) is 0 Å². The highest BCUT2D eigenvalue weighted by Crippen LogP contribution is 2.27. The van der Waals surface area contributed by atoms with Crippen LogP contribution < -0.4 is 0 Å². The number of rotatable bonds is 4. The van der Waals surface area contributed by atoms with Gasteiger partial charge >= 0.3 is 5.97 Å². The van der Waals surface area contributed by atoms with Crippen molar-refractivity contribution in [2.24, 2.45) is 0 Å². The van der Waals surface area contributed by atoms with Crippen LogP contribution in [0, 0.1) is 21.4 Å². The van der Waals surface area contributed by atoms with Gasteiger partial charge in [-0.2, -0.15) is 5.26 Å². The number of ether oxygens (including phenoxy) is 1. The van der Waals surface area contributed by atoms with Crippen LogP contribution in [0.15, 0.2) is 12.1 Å². The minimum atomic E-state index is -0.728. The fourth-order valence-electron chi connectivity index (χ4n) is 1.42. The Kier molecular flexibility index (Phi) is 4.63. The van der Waals surface area contributed by atoms with Crippen LogP contribution in [0.1, 0.15) is 28.4 Å². The number of benzene rings is 1. The summed E-state index contributed by atoms with van der Waals surface area (Å²) in [5, 5.41) is 19.7. The number of nitro groups is 1. The lowest BCUT2D eigenvalue weighted by molar-refractivity contribution is -0.385. The Morgan fingerprint density at radius 3 is 2.72 bits per heavy atom. The smallest absolute Gasteiger partial charge is 0.338 e. The average molecular weight is 269 g/mol. The van der Waals surface area contributed by atoms with Gasteiger partial charge in [-0.15, -0.1) is 11.6 Å². The number of nitriles is 1. The molecule has 0 unspecified atom stereocenters. The second-order valence-corrected chi connectivity index (χ2v) is 3.51. The minimum Gasteiger partial charge on any atom is -0.462 e. The Morgan fingerprint density at radius 2 is 2.28 bits per heavy atom. The summed E-state index contributed by atoms with van der Waals surface area (Å²) in [5.74, 6) is -0.941. The average Bonchev–Trinajstić information content (AvgIpc) is 2.37. The van der Waals surface area contributed by atoms with Crippen LogP contribution >= 0.6 is 11.6 Å². The Bertz CT molecular complexity index is 537. The van der Waals surface area contributed by atoms with E-state index in [1.165, 1.54) is 6.07 Å². The lowest BCUT2D eigenvalue weighted by Crippen LogP contribution is -2.10. The molecule has 0 saturated heterocycles. The summed E-state index contributed by atoms with van der Waals surface area (Å²) in [6.07, 6.45) is 0. The zero-order valence-corrected chi connectivity index (χ0v) is 10.2. The summed E-state index contributed by atoms with van der Waals surface area (Å²) in [6, 6.07) is 4.08. The third kappa shape index (κ3) is 2.76. The Labute approximate surface area is 108 Å². The molecule has 0 N–H and O–H groups in total. The van der Waals surface area contributed by atoms with Gasteiger partial charge in [-0.3, -0.25) is 10.1 Å². The van der Waals surface area contributed by atoms with Crippen LogP contribution in [0.5, 0.6) is 0 Å². The summed E-state index contributed by atoms with van der Waals surface area (Å²) in [4.78, 5) is 21.8. The molecule has 0 bridgehead atoms. The van der Waals surface area contributed by atoms with Gasteiger partial charge in [-0.05, 0) is 13.0 Å². The van der Waals surface area contributed by atoms with Crippen molar-refractivity contribution in [1.29, 1.82) is 5.26 Å². The third-order valence-electron chi connectivity index (χ3n) is 2.18. The van der Waals surface area contributed by atoms with Gasteiger partial charge in [0.1, 0.15) is 0 Å². The molecule has 1 rings (SSSR count). The molecule has 6 nitrogen and oxygen atoms in total. The van der Waals surface area contributed by atoms with Crippen molar-refractivity contribution in [3.63, 3.8) is 0 Å². The van der Waals surface area contributed by atoms with Crippen LogP contribution in [0.2, 0.25) is 0 Å². The van der Waals surface area contributed by atoms with Crippen molar-refractivity contribution in [3.8, 4) is 6.07 Å². The van der Waals surface area contributed by atoms with Crippen molar-refractivity contribution < 1.29 is 14.5 Å². The van der Waals surface area contributed by atoms with E-state index < -0.39 is 10.9 Å². The molecule has 18 heavy (non-hydrogen) atoms. The second kappa shape index (κ2) is 5.98. The molecule has 0 aromatic heterocycles. The molecule has 0 heterocycles. The van der Waals surface area contributed by atoms with Gasteiger partial charge in [0.2, 0.25) is 0 Å². The first-order valence-corrected chi connectivity index (χ1v) is 5.53. The maximum absolute atomic E-state index is 11.7. The van der Waals surface area contributed by atoms with E-state index in [1.54, 1.807) is 13.0 Å². The van der Waals surface area contributed by atoms with E-state index in [0.717, 1.165) is 6.07 Å². The molecule has 0 fully saturated rings. The Balaban J connectivity index is 3.48. The topological polar surface area (TPSA) is 93.2 Å². The number of nitro benzene ring substituents is 1. The molecule has 0 saturated carbocycles. The van der Waals surface area contributed by atoms with Gasteiger partial charge in [0, 0.05) is 6.07 Å². The maximum atomic E-state index is 11.7. The van der Waals surface area contributed by atoms with Gasteiger partial charge in [0.25, 0.3) is 5.69 Å². The molecular weight excluding hydrogens is 260 g/mol. The molecule has 1 aromatic carbocycles. The number of halogens is 1. The van der Waals surface area contributed by atoms with Gasteiger partial charge in [-0.25, -0.2) is 4.79 Å². The molecule has 0 radical (unpaired) electrons. The van der Waals surface area contributed by atoms with Crippen LogP contribution in [0.3, 0.4) is 0 Å². The number of carbonyl (C=O) groups excluding carboxylic acids is 1. The molecule has 0 atom stereocenters. The number of alkyl halides is 1. The molecule has 0 spiro atoms. The molecule has 0 aliphatic heterocycles. The van der Waals surface area contributed by atoms with Gasteiger partial charge < -0.3 is 4.74 Å². The quantitative estimate of drug-likeness (QED) is 0.362. The van der Waals surface area contributed by atoms with Crippen LogP contribution in [-0.4, -0.2) is 17.5 Å². The molecule has 0 aliphatic rings. The van der Waals surface area contributed by atoms with Crippen LogP contribution in [0.4, 0.5) is 5.69 Å². The third-order valence-corrected chi connectivity index (χ3v) is 2.45. The predicted molar refractivity (Wildman–Crippen MR) is 63.3 cm³/mol. The number of nitrogens with zero attached hydrogens (tertiary/aromatic N) is 2. The van der Waals surface area contributed by atoms with Crippen LogP contribution in [0.25, 0.3) is 0 Å². The van der Waals surface area contributed by atoms with Crippen molar-refractivity contribution in [2.45, 2.75) is 12.8 Å². The second-order valence-electron chi connectivity index (χ2n) is 3.24. The summed E-state index contributed by atoms with van der Waals surface area (Å²) >= 11 is 5.63. The zero-order chi connectivity index (χ0) is 13.7. The molecule has 0 aliphatic carbocycles. The van der Waals surface area contributed by atoms with E-state index in [-0.39, 0.29) is 34.9 Å². The van der Waals surface area contributed by atoms with Crippen molar-refractivity contribution in [1.82, 2.24) is 0 Å². The molecule has 94 valence electrons. The first kappa shape index (κ1) is 13.9. The Hall–Kier alpha value is -2.13. The van der Waals surface area contributed by atoms with Crippen molar-refractivity contribution in [3.05, 3.63) is 38.9 Å². The standard InChI is InChI=1S/C11H9ClN2O4/c1-2-18-11(15)8-3-7(6-13)4-10(14(16)17)9(8)5-12/h3-4H,2,5H2,1H3. The summed E-state index contributed by atoms with van der Waals surface area (Å²) in [5.41, 5.74) is -0.331. The fourth-order valence-corrected chi connectivity index (χ4v) is 1.70. The number of carbonyl (C=O) groups is 1. The van der Waals surface area contributed by atoms with Gasteiger partial charge in [0.15, 0.2) is 0 Å². The van der Waals surface area contributed by atoms with Crippen molar-refractivity contribution >= 4 is 23.3 Å². The first-order valence-electron chi connectivity index (χ1n) is 4.99. The normalized spacial score (nSPS) is 9.61. The van der Waals surface area contributed by atoms with Gasteiger partial charge in [-0.1, -0.05) is 0 Å². The SMILES string of the molecule is CCOC(=O)c1cc(C#N)cc([N+](=O)[O-])c1CCl. The number of hydrogen-bond donors (Lipinski definition) is 0. The minimum absolute atomic E-state index is 0.0126. The number of hydrogen-bond acceptors (Lipinski definition) is 5. The Morgan fingerprint density at radius 1 is 1.61 bits per heavy atom. The number of esters is 1. The fraction of sp³-hybridized carbons (Fsp3) is 0.273. The largest absolute Gasteiger partial charge is 0.462 e. The first-order chi connectivity index (χ1) is 8.54. The summed E-state index contributed by atoms with van der Waals surface area (Å²) in [6.45, 7) is 1.74. The molecule has 1 aromatic rings. The summed E-state index contributed by atoms with van der Waals surface area (Å²) < 4.78 is 4.78. The van der Waals surface area contributed by atoms with E-state index in [4.69, 9.17) is 21.6 Å². The monoisotopic (exact) mass is 268 g/mol. The molecular formula is C11H9ClN2O4. The van der Waals surface area contributed by atoms with Crippen molar-refractivity contribution in [2.75, 3.05) is 6.61 Å². The predicted octanol–water partition coefficient (Wildman–Crippen LogP) is 2.38. The highest BCUT2D eigenvalue weighted by atomic mass is 35.5. The molecule has 0 amide bonds. The lowest BCUT2D eigenvalue weighted by atomic mass is 10.0. The zero-order valence-electron chi connectivity index (χ0n) is 9.47. The highest BCUT2D eigenvalue weighted by Gasteiger charge is 2.23. The van der Waals surface area contributed by atoms with E-state index in [9.17, 15) is 14.9 Å². The van der Waals surface area contributed by atoms with E-state index in [1.807, 2.05) is 0 Å². The molecule has 7 heteroatoms.